The summed E-state index contributed by atoms with van der Waals surface area (Å²) in [7, 11) is 7.04. The first-order valence-electron chi connectivity index (χ1n) is 5.13. The van der Waals surface area contributed by atoms with Crippen molar-refractivity contribution >= 4 is 0 Å². The summed E-state index contributed by atoms with van der Waals surface area (Å²) in [5.41, 5.74) is 0.925. The lowest BCUT2D eigenvalue weighted by Crippen LogP contribution is -2.23. The SMILES string of the molecule is COc1cccc([C@H](CO)N(C)C)c1OC. The van der Waals surface area contributed by atoms with Crippen molar-refractivity contribution in [2.75, 3.05) is 34.9 Å². The van der Waals surface area contributed by atoms with Crippen molar-refractivity contribution in [3.05, 3.63) is 23.8 Å². The quantitative estimate of drug-likeness (QED) is 0.820. The van der Waals surface area contributed by atoms with Gasteiger partial charge in [0.15, 0.2) is 11.5 Å². The highest BCUT2D eigenvalue weighted by molar-refractivity contribution is 5.48. The second-order valence-corrected chi connectivity index (χ2v) is 3.74. The lowest BCUT2D eigenvalue weighted by atomic mass is 10.0. The van der Waals surface area contributed by atoms with Crippen molar-refractivity contribution in [2.24, 2.45) is 0 Å². The number of aliphatic hydroxyl groups is 1. The zero-order valence-electron chi connectivity index (χ0n) is 10.2. The first kappa shape index (κ1) is 12.8. The van der Waals surface area contributed by atoms with Crippen LogP contribution < -0.4 is 9.47 Å². The number of rotatable bonds is 5. The lowest BCUT2D eigenvalue weighted by molar-refractivity contribution is 0.167. The minimum atomic E-state index is -0.0925. The van der Waals surface area contributed by atoms with E-state index in [-0.39, 0.29) is 12.6 Å². The number of benzene rings is 1. The number of hydrogen-bond acceptors (Lipinski definition) is 4. The number of methoxy groups -OCH3 is 2. The maximum Gasteiger partial charge on any atom is 0.165 e. The van der Waals surface area contributed by atoms with Crippen molar-refractivity contribution in [3.8, 4) is 11.5 Å². The summed E-state index contributed by atoms with van der Waals surface area (Å²) in [5.74, 6) is 1.36. The maximum absolute atomic E-state index is 9.40. The summed E-state index contributed by atoms with van der Waals surface area (Å²) in [6.07, 6.45) is 0. The molecule has 0 amide bonds. The molecule has 4 nitrogen and oxygen atoms in total. The van der Waals surface area contributed by atoms with Crippen molar-refractivity contribution in [3.63, 3.8) is 0 Å². The van der Waals surface area contributed by atoms with Crippen LogP contribution in [0.25, 0.3) is 0 Å². The van der Waals surface area contributed by atoms with Crippen molar-refractivity contribution in [1.82, 2.24) is 4.90 Å². The van der Waals surface area contributed by atoms with Crippen LogP contribution in [0, 0.1) is 0 Å². The van der Waals surface area contributed by atoms with E-state index in [1.807, 2.05) is 37.2 Å². The summed E-state index contributed by atoms with van der Waals surface area (Å²) in [6.45, 7) is 0.0382. The second kappa shape index (κ2) is 5.72. The van der Waals surface area contributed by atoms with E-state index in [0.717, 1.165) is 5.56 Å². The average Bonchev–Trinajstić information content (AvgIpc) is 2.29. The average molecular weight is 225 g/mol. The standard InChI is InChI=1S/C12H19NO3/c1-13(2)10(8-14)9-6-5-7-11(15-3)12(9)16-4/h5-7,10,14H,8H2,1-4H3/t10-/m0/s1. The Kier molecular flexibility index (Phi) is 4.58. The summed E-state index contributed by atoms with van der Waals surface area (Å²) in [6, 6.07) is 5.57. The van der Waals surface area contributed by atoms with E-state index in [4.69, 9.17) is 9.47 Å². The normalized spacial score (nSPS) is 12.6. The van der Waals surface area contributed by atoms with E-state index in [0.29, 0.717) is 11.5 Å². The van der Waals surface area contributed by atoms with Gasteiger partial charge in [-0.1, -0.05) is 12.1 Å². The summed E-state index contributed by atoms with van der Waals surface area (Å²) in [5, 5.41) is 9.40. The van der Waals surface area contributed by atoms with Gasteiger partial charge in [-0.05, 0) is 20.2 Å². The molecule has 90 valence electrons. The monoisotopic (exact) mass is 225 g/mol. The maximum atomic E-state index is 9.40. The van der Waals surface area contributed by atoms with Gasteiger partial charge in [0.05, 0.1) is 26.9 Å². The predicted molar refractivity (Wildman–Crippen MR) is 63.1 cm³/mol. The Morgan fingerprint density at radius 3 is 2.38 bits per heavy atom. The van der Waals surface area contributed by atoms with Crippen LogP contribution in [0.15, 0.2) is 18.2 Å². The molecule has 0 aromatic heterocycles. The molecule has 4 heteroatoms. The highest BCUT2D eigenvalue weighted by Crippen LogP contribution is 2.35. The molecule has 0 saturated heterocycles. The van der Waals surface area contributed by atoms with Gasteiger partial charge in [0, 0.05) is 5.56 Å². The second-order valence-electron chi connectivity index (χ2n) is 3.74. The van der Waals surface area contributed by atoms with Crippen LogP contribution in [0.5, 0.6) is 11.5 Å². The molecule has 0 heterocycles. The number of likely N-dealkylation sites (N-methyl/N-ethyl adjacent to an activating group) is 1. The smallest absolute Gasteiger partial charge is 0.165 e. The molecule has 1 aromatic carbocycles. The molecule has 0 aliphatic heterocycles. The van der Waals surface area contributed by atoms with Crippen LogP contribution in [-0.2, 0) is 0 Å². The fourth-order valence-corrected chi connectivity index (χ4v) is 1.71. The van der Waals surface area contributed by atoms with E-state index in [1.54, 1.807) is 14.2 Å². The van der Waals surface area contributed by atoms with Gasteiger partial charge < -0.3 is 19.5 Å². The first-order chi connectivity index (χ1) is 7.65. The third-order valence-corrected chi connectivity index (χ3v) is 2.59. The minimum Gasteiger partial charge on any atom is -0.493 e. The third kappa shape index (κ3) is 2.46. The number of hydrogen-bond donors (Lipinski definition) is 1. The molecule has 0 bridgehead atoms. The van der Waals surface area contributed by atoms with Gasteiger partial charge in [-0.3, -0.25) is 0 Å². The van der Waals surface area contributed by atoms with Crippen LogP contribution in [0.3, 0.4) is 0 Å². The van der Waals surface area contributed by atoms with E-state index in [1.165, 1.54) is 0 Å². The Morgan fingerprint density at radius 1 is 1.25 bits per heavy atom. The molecule has 0 aliphatic carbocycles. The van der Waals surface area contributed by atoms with E-state index in [2.05, 4.69) is 0 Å². The molecule has 1 rings (SSSR count). The van der Waals surface area contributed by atoms with Gasteiger partial charge in [0.25, 0.3) is 0 Å². The molecule has 0 fully saturated rings. The van der Waals surface area contributed by atoms with Gasteiger partial charge in [-0.25, -0.2) is 0 Å². The fourth-order valence-electron chi connectivity index (χ4n) is 1.71. The molecular weight excluding hydrogens is 206 g/mol. The largest absolute Gasteiger partial charge is 0.493 e. The first-order valence-corrected chi connectivity index (χ1v) is 5.13. The van der Waals surface area contributed by atoms with Gasteiger partial charge in [-0.15, -0.1) is 0 Å². The molecule has 0 saturated carbocycles. The molecular formula is C12H19NO3. The number of aliphatic hydroxyl groups excluding tert-OH is 1. The Hall–Kier alpha value is -1.26. The van der Waals surface area contributed by atoms with E-state index in [9.17, 15) is 5.11 Å². The van der Waals surface area contributed by atoms with Crippen LogP contribution in [0.2, 0.25) is 0 Å². The molecule has 1 aromatic rings. The van der Waals surface area contributed by atoms with Gasteiger partial charge >= 0.3 is 0 Å². The Bertz CT molecular complexity index is 339. The zero-order valence-corrected chi connectivity index (χ0v) is 10.2. The van der Waals surface area contributed by atoms with Crippen molar-refractivity contribution in [2.45, 2.75) is 6.04 Å². The van der Waals surface area contributed by atoms with E-state index < -0.39 is 0 Å². The third-order valence-electron chi connectivity index (χ3n) is 2.59. The van der Waals surface area contributed by atoms with Gasteiger partial charge in [0.2, 0.25) is 0 Å². The highest BCUT2D eigenvalue weighted by Gasteiger charge is 2.19. The van der Waals surface area contributed by atoms with Crippen molar-refractivity contribution in [1.29, 1.82) is 0 Å². The minimum absolute atomic E-state index is 0.0382. The Labute approximate surface area is 96.4 Å². The number of ether oxygens (including phenoxy) is 2. The molecule has 1 N–H and O–H groups in total. The zero-order chi connectivity index (χ0) is 12.1. The highest BCUT2D eigenvalue weighted by atomic mass is 16.5. The summed E-state index contributed by atoms with van der Waals surface area (Å²) < 4.78 is 10.6. The molecule has 0 aliphatic rings. The number of para-hydroxylation sites is 1. The van der Waals surface area contributed by atoms with Crippen LogP contribution in [-0.4, -0.2) is 44.9 Å². The molecule has 0 radical (unpaired) electrons. The van der Waals surface area contributed by atoms with Gasteiger partial charge in [-0.2, -0.15) is 0 Å². The van der Waals surface area contributed by atoms with E-state index >= 15 is 0 Å². The van der Waals surface area contributed by atoms with Gasteiger partial charge in [0.1, 0.15) is 0 Å². The van der Waals surface area contributed by atoms with Crippen LogP contribution in [0.4, 0.5) is 0 Å². The van der Waals surface area contributed by atoms with Crippen LogP contribution in [0.1, 0.15) is 11.6 Å². The Balaban J connectivity index is 3.20. The molecule has 16 heavy (non-hydrogen) atoms. The fraction of sp³-hybridized carbons (Fsp3) is 0.500. The molecule has 1 atom stereocenters. The summed E-state index contributed by atoms with van der Waals surface area (Å²) >= 11 is 0. The molecule has 0 spiro atoms. The Morgan fingerprint density at radius 2 is 1.94 bits per heavy atom. The summed E-state index contributed by atoms with van der Waals surface area (Å²) in [4.78, 5) is 1.94. The predicted octanol–water partition coefficient (Wildman–Crippen LogP) is 1.30. The van der Waals surface area contributed by atoms with Crippen molar-refractivity contribution < 1.29 is 14.6 Å². The van der Waals surface area contributed by atoms with Crippen LogP contribution >= 0.6 is 0 Å². The number of nitrogens with zero attached hydrogens (tertiary/aromatic N) is 1. The molecule has 0 unspecified atom stereocenters. The topological polar surface area (TPSA) is 41.9 Å². The lowest BCUT2D eigenvalue weighted by Gasteiger charge is -2.25.